The Morgan fingerprint density at radius 3 is 2.16 bits per heavy atom. The van der Waals surface area contributed by atoms with Gasteiger partial charge in [0.05, 0.1) is 4.90 Å². The van der Waals surface area contributed by atoms with Crippen molar-refractivity contribution in [1.29, 1.82) is 0 Å². The highest BCUT2D eigenvalue weighted by Gasteiger charge is 2.29. The molecule has 0 amide bonds. The Hall–Kier alpha value is -2.97. The molecule has 1 aliphatic heterocycles. The summed E-state index contributed by atoms with van der Waals surface area (Å²) in [6.07, 6.45) is 0. The Kier molecular flexibility index (Phi) is 6.17. The van der Waals surface area contributed by atoms with Gasteiger partial charge >= 0.3 is 0 Å². The number of nitrogens with zero attached hydrogens (tertiary/aromatic N) is 4. The summed E-state index contributed by atoms with van der Waals surface area (Å²) in [5, 5.41) is 3.33. The number of nitrogens with one attached hydrogen (secondary N) is 1. The second-order valence-corrected chi connectivity index (χ2v) is 10.3. The van der Waals surface area contributed by atoms with Crippen molar-refractivity contribution in [3.63, 3.8) is 0 Å². The van der Waals surface area contributed by atoms with E-state index in [-0.39, 0.29) is 0 Å². The molecule has 0 unspecified atom stereocenters. The summed E-state index contributed by atoms with van der Waals surface area (Å²) < 4.78 is 27.7. The molecule has 0 radical (unpaired) electrons. The Morgan fingerprint density at radius 1 is 0.812 bits per heavy atom. The minimum Gasteiger partial charge on any atom is -0.340 e. The highest BCUT2D eigenvalue weighted by molar-refractivity contribution is 7.89. The summed E-state index contributed by atoms with van der Waals surface area (Å²) in [5.41, 5.74) is 5.08. The molecule has 1 saturated heterocycles. The van der Waals surface area contributed by atoms with Crippen LogP contribution in [0, 0.1) is 27.7 Å². The van der Waals surface area contributed by atoms with Crippen molar-refractivity contribution in [2.45, 2.75) is 32.6 Å². The van der Waals surface area contributed by atoms with Crippen LogP contribution in [0.25, 0.3) is 0 Å². The average Bonchev–Trinajstić information content (AvgIpc) is 2.77. The fourth-order valence-electron chi connectivity index (χ4n) is 3.70. The molecule has 0 atom stereocenters. The van der Waals surface area contributed by atoms with Gasteiger partial charge in [-0.2, -0.15) is 9.29 Å². The lowest BCUT2D eigenvalue weighted by molar-refractivity contribution is 0.382. The van der Waals surface area contributed by atoms with Gasteiger partial charge in [-0.05, 0) is 63.1 Å². The highest BCUT2D eigenvalue weighted by Crippen LogP contribution is 2.23. The Labute approximate surface area is 190 Å². The Morgan fingerprint density at radius 2 is 1.50 bits per heavy atom. The monoisotopic (exact) mass is 451 g/mol. The molecular weight excluding hydrogens is 422 g/mol. The smallest absolute Gasteiger partial charge is 0.243 e. The summed E-state index contributed by atoms with van der Waals surface area (Å²) in [7, 11) is -3.51. The number of aromatic nitrogens is 2. The second kappa shape index (κ2) is 8.88. The molecule has 3 aromatic rings. The number of aryl methyl sites for hydroxylation is 4. The topological polar surface area (TPSA) is 78.4 Å². The van der Waals surface area contributed by atoms with Crippen LogP contribution in [0.5, 0.6) is 0 Å². The number of sulfonamides is 1. The molecule has 1 aliphatic rings. The van der Waals surface area contributed by atoms with Gasteiger partial charge in [0.1, 0.15) is 5.82 Å². The maximum absolute atomic E-state index is 13.1. The van der Waals surface area contributed by atoms with Gasteiger partial charge in [0.25, 0.3) is 0 Å². The van der Waals surface area contributed by atoms with Gasteiger partial charge in [0.15, 0.2) is 0 Å². The zero-order valence-corrected chi connectivity index (χ0v) is 19.8. The molecule has 0 aliphatic carbocycles. The first-order valence-corrected chi connectivity index (χ1v) is 12.2. The van der Waals surface area contributed by atoms with E-state index in [9.17, 15) is 8.42 Å². The summed E-state index contributed by atoms with van der Waals surface area (Å²) in [6.45, 7) is 9.77. The molecule has 7 nitrogen and oxygen atoms in total. The summed E-state index contributed by atoms with van der Waals surface area (Å²) in [4.78, 5) is 11.7. The van der Waals surface area contributed by atoms with Crippen LogP contribution in [0.2, 0.25) is 0 Å². The summed E-state index contributed by atoms with van der Waals surface area (Å²) in [6, 6.07) is 15.3. The van der Waals surface area contributed by atoms with E-state index in [1.54, 1.807) is 16.4 Å². The standard InChI is InChI=1S/C24H29N5O2S/c1-17-5-8-21(9-6-17)26-23-16-20(4)25-24(27-23)28-11-13-29(14-12-28)32(30,31)22-10-7-18(2)19(3)15-22/h5-10,15-16H,11-14H2,1-4H3,(H,25,26,27). The van der Waals surface area contributed by atoms with Crippen LogP contribution < -0.4 is 10.2 Å². The van der Waals surface area contributed by atoms with Gasteiger partial charge < -0.3 is 10.2 Å². The minimum atomic E-state index is -3.51. The van der Waals surface area contributed by atoms with E-state index in [1.807, 2.05) is 62.1 Å². The van der Waals surface area contributed by atoms with Crippen LogP contribution in [0.4, 0.5) is 17.5 Å². The molecule has 1 N–H and O–H groups in total. The molecule has 2 heterocycles. The third kappa shape index (κ3) is 4.76. The Balaban J connectivity index is 1.47. The van der Waals surface area contributed by atoms with E-state index in [4.69, 9.17) is 0 Å². The van der Waals surface area contributed by atoms with Gasteiger partial charge in [0.2, 0.25) is 16.0 Å². The maximum atomic E-state index is 13.1. The summed E-state index contributed by atoms with van der Waals surface area (Å²) >= 11 is 0. The van der Waals surface area contributed by atoms with Gasteiger partial charge in [-0.25, -0.2) is 13.4 Å². The number of benzene rings is 2. The minimum absolute atomic E-state index is 0.352. The van der Waals surface area contributed by atoms with Gasteiger partial charge in [-0.15, -0.1) is 0 Å². The fourth-order valence-corrected chi connectivity index (χ4v) is 5.20. The quantitative estimate of drug-likeness (QED) is 0.633. The molecule has 1 aromatic heterocycles. The highest BCUT2D eigenvalue weighted by atomic mass is 32.2. The SMILES string of the molecule is Cc1ccc(Nc2cc(C)nc(N3CCN(S(=O)(=O)c4ccc(C)c(C)c4)CC3)n2)cc1. The first kappa shape index (κ1) is 22.2. The van der Waals surface area contributed by atoms with E-state index < -0.39 is 10.0 Å². The van der Waals surface area contributed by atoms with Crippen molar-refractivity contribution in [2.24, 2.45) is 0 Å². The van der Waals surface area contributed by atoms with Gasteiger partial charge in [-0.1, -0.05) is 23.8 Å². The number of hydrogen-bond donors (Lipinski definition) is 1. The van der Waals surface area contributed by atoms with Crippen LogP contribution in [-0.4, -0.2) is 48.9 Å². The van der Waals surface area contributed by atoms with E-state index in [0.29, 0.717) is 37.0 Å². The molecular formula is C24H29N5O2S. The number of rotatable bonds is 5. The number of piperazine rings is 1. The van der Waals surface area contributed by atoms with Gasteiger partial charge in [-0.3, -0.25) is 0 Å². The van der Waals surface area contributed by atoms with Crippen LogP contribution in [0.15, 0.2) is 53.4 Å². The molecule has 4 rings (SSSR count). The van der Waals surface area contributed by atoms with Crippen molar-refractivity contribution < 1.29 is 8.42 Å². The molecule has 0 spiro atoms. The molecule has 8 heteroatoms. The van der Waals surface area contributed by atoms with Crippen molar-refractivity contribution in [1.82, 2.24) is 14.3 Å². The largest absolute Gasteiger partial charge is 0.340 e. The molecule has 0 saturated carbocycles. The third-order valence-corrected chi connectivity index (χ3v) is 7.70. The lowest BCUT2D eigenvalue weighted by Crippen LogP contribution is -2.49. The van der Waals surface area contributed by atoms with E-state index in [2.05, 4.69) is 22.2 Å². The van der Waals surface area contributed by atoms with Gasteiger partial charge in [0, 0.05) is 43.6 Å². The van der Waals surface area contributed by atoms with Crippen molar-refractivity contribution in [2.75, 3.05) is 36.4 Å². The normalized spacial score (nSPS) is 15.1. The first-order valence-electron chi connectivity index (χ1n) is 10.7. The van der Waals surface area contributed by atoms with Crippen LogP contribution >= 0.6 is 0 Å². The van der Waals surface area contributed by atoms with Crippen LogP contribution in [0.3, 0.4) is 0 Å². The van der Waals surface area contributed by atoms with E-state index in [1.165, 1.54) is 5.56 Å². The van der Waals surface area contributed by atoms with E-state index in [0.717, 1.165) is 28.3 Å². The zero-order chi connectivity index (χ0) is 22.9. The van der Waals surface area contributed by atoms with Crippen molar-refractivity contribution >= 4 is 27.5 Å². The van der Waals surface area contributed by atoms with Crippen molar-refractivity contribution in [3.05, 3.63) is 70.9 Å². The fraction of sp³-hybridized carbons (Fsp3) is 0.333. The molecule has 1 fully saturated rings. The number of anilines is 3. The third-order valence-electron chi connectivity index (χ3n) is 5.80. The van der Waals surface area contributed by atoms with Crippen LogP contribution in [-0.2, 0) is 10.0 Å². The molecule has 32 heavy (non-hydrogen) atoms. The average molecular weight is 452 g/mol. The molecule has 2 aromatic carbocycles. The Bertz CT molecular complexity index is 1220. The molecule has 0 bridgehead atoms. The lowest BCUT2D eigenvalue weighted by Gasteiger charge is -2.34. The van der Waals surface area contributed by atoms with E-state index >= 15 is 0 Å². The number of hydrogen-bond acceptors (Lipinski definition) is 6. The molecule has 168 valence electrons. The summed E-state index contributed by atoms with van der Waals surface area (Å²) in [5.74, 6) is 1.34. The predicted octanol–water partition coefficient (Wildman–Crippen LogP) is 3.96. The zero-order valence-electron chi connectivity index (χ0n) is 19.0. The van der Waals surface area contributed by atoms with Crippen LogP contribution in [0.1, 0.15) is 22.4 Å². The van der Waals surface area contributed by atoms with Crippen molar-refractivity contribution in [3.8, 4) is 0 Å². The first-order chi connectivity index (χ1) is 15.2. The second-order valence-electron chi connectivity index (χ2n) is 8.32. The maximum Gasteiger partial charge on any atom is 0.243 e. The lowest BCUT2D eigenvalue weighted by atomic mass is 10.1. The predicted molar refractivity (Wildman–Crippen MR) is 128 cm³/mol.